The Morgan fingerprint density at radius 2 is 2.19 bits per heavy atom. The minimum atomic E-state index is -0.161. The summed E-state index contributed by atoms with van der Waals surface area (Å²) in [6.07, 6.45) is 5.09. The van der Waals surface area contributed by atoms with Gasteiger partial charge in [0.1, 0.15) is 5.82 Å². The fourth-order valence-corrected chi connectivity index (χ4v) is 3.33. The van der Waals surface area contributed by atoms with Crippen LogP contribution in [0.5, 0.6) is 0 Å². The smallest absolute Gasteiger partial charge is 0.272 e. The van der Waals surface area contributed by atoms with Gasteiger partial charge in [-0.3, -0.25) is 9.89 Å². The number of hydrogen-bond acceptors (Lipinski definition) is 4. The van der Waals surface area contributed by atoms with Crippen LogP contribution in [0, 0.1) is 0 Å². The van der Waals surface area contributed by atoms with Gasteiger partial charge in [-0.1, -0.05) is 0 Å². The van der Waals surface area contributed by atoms with Crippen LogP contribution in [0.2, 0.25) is 0 Å². The molecule has 1 amide bonds. The summed E-state index contributed by atoms with van der Waals surface area (Å²) >= 11 is 0. The van der Waals surface area contributed by atoms with Crippen molar-refractivity contribution >= 4 is 5.91 Å². The van der Waals surface area contributed by atoms with Crippen molar-refractivity contribution in [2.24, 2.45) is 0 Å². The van der Waals surface area contributed by atoms with Gasteiger partial charge < -0.3 is 9.88 Å². The van der Waals surface area contributed by atoms with Crippen molar-refractivity contribution in [3.8, 4) is 0 Å². The highest BCUT2D eigenvalue weighted by molar-refractivity contribution is 5.94. The van der Waals surface area contributed by atoms with Crippen LogP contribution in [-0.4, -0.2) is 30.9 Å². The number of aryl methyl sites for hydroxylation is 2. The molecule has 0 aromatic carbocycles. The quantitative estimate of drug-likeness (QED) is 0.878. The normalized spacial score (nSPS) is 17.6. The Bertz CT molecular complexity index is 700. The SMILES string of the molecule is CC(NC(=O)c1n[nH]c2c1CCC2)c1nnc2n1CCC2. The van der Waals surface area contributed by atoms with Gasteiger partial charge in [-0.15, -0.1) is 10.2 Å². The minimum absolute atomic E-state index is 0.128. The zero-order valence-corrected chi connectivity index (χ0v) is 12.0. The Kier molecular flexibility index (Phi) is 2.80. The maximum absolute atomic E-state index is 12.4. The summed E-state index contributed by atoms with van der Waals surface area (Å²) in [4.78, 5) is 12.4. The molecule has 21 heavy (non-hydrogen) atoms. The molecule has 0 bridgehead atoms. The van der Waals surface area contributed by atoms with E-state index in [0.717, 1.165) is 61.6 Å². The van der Waals surface area contributed by atoms with E-state index in [9.17, 15) is 4.79 Å². The van der Waals surface area contributed by atoms with E-state index in [4.69, 9.17) is 0 Å². The van der Waals surface area contributed by atoms with Crippen molar-refractivity contribution in [3.63, 3.8) is 0 Å². The lowest BCUT2D eigenvalue weighted by atomic mass is 10.2. The fourth-order valence-electron chi connectivity index (χ4n) is 3.33. The van der Waals surface area contributed by atoms with E-state index >= 15 is 0 Å². The lowest BCUT2D eigenvalue weighted by molar-refractivity contribution is 0.0931. The van der Waals surface area contributed by atoms with Crippen LogP contribution in [0.1, 0.15) is 59.2 Å². The summed E-state index contributed by atoms with van der Waals surface area (Å²) in [5.41, 5.74) is 2.72. The van der Waals surface area contributed by atoms with Crippen molar-refractivity contribution in [3.05, 3.63) is 28.6 Å². The maximum atomic E-state index is 12.4. The second-order valence-electron chi connectivity index (χ2n) is 5.81. The number of carbonyl (C=O) groups is 1. The molecule has 1 unspecified atom stereocenters. The van der Waals surface area contributed by atoms with Crippen LogP contribution >= 0.6 is 0 Å². The van der Waals surface area contributed by atoms with Crippen molar-refractivity contribution in [2.75, 3.05) is 0 Å². The number of aromatic amines is 1. The Hall–Kier alpha value is -2.18. The molecule has 7 heteroatoms. The van der Waals surface area contributed by atoms with Crippen molar-refractivity contribution in [2.45, 2.75) is 51.6 Å². The molecule has 0 saturated carbocycles. The molecule has 0 spiro atoms. The number of nitrogens with one attached hydrogen (secondary N) is 2. The zero-order valence-electron chi connectivity index (χ0n) is 12.0. The number of carbonyl (C=O) groups excluding carboxylic acids is 1. The molecule has 2 aromatic rings. The first-order valence-corrected chi connectivity index (χ1v) is 7.53. The molecule has 0 fully saturated rings. The number of hydrogen-bond donors (Lipinski definition) is 2. The van der Waals surface area contributed by atoms with Crippen LogP contribution in [-0.2, 0) is 25.8 Å². The summed E-state index contributed by atoms with van der Waals surface area (Å²) in [6, 6.07) is -0.161. The molecule has 7 nitrogen and oxygen atoms in total. The Labute approximate surface area is 122 Å². The van der Waals surface area contributed by atoms with Crippen LogP contribution in [0.15, 0.2) is 0 Å². The molecule has 3 heterocycles. The summed E-state index contributed by atoms with van der Waals surface area (Å²) in [5, 5.41) is 18.5. The third kappa shape index (κ3) is 1.95. The summed E-state index contributed by atoms with van der Waals surface area (Å²) in [6.45, 7) is 2.88. The van der Waals surface area contributed by atoms with Crippen LogP contribution < -0.4 is 5.32 Å². The second kappa shape index (κ2) is 4.68. The topological polar surface area (TPSA) is 88.5 Å². The van der Waals surface area contributed by atoms with Crippen molar-refractivity contribution in [1.29, 1.82) is 0 Å². The molecule has 2 aromatic heterocycles. The van der Waals surface area contributed by atoms with Crippen LogP contribution in [0.25, 0.3) is 0 Å². The number of H-pyrrole nitrogens is 1. The van der Waals surface area contributed by atoms with E-state index in [1.165, 1.54) is 0 Å². The second-order valence-corrected chi connectivity index (χ2v) is 5.81. The molecular weight excluding hydrogens is 268 g/mol. The van der Waals surface area contributed by atoms with Crippen molar-refractivity contribution < 1.29 is 4.79 Å². The van der Waals surface area contributed by atoms with Gasteiger partial charge in [0.25, 0.3) is 5.91 Å². The maximum Gasteiger partial charge on any atom is 0.272 e. The molecule has 0 saturated heterocycles. The number of rotatable bonds is 3. The Morgan fingerprint density at radius 3 is 3.10 bits per heavy atom. The fraction of sp³-hybridized carbons (Fsp3) is 0.571. The van der Waals surface area contributed by atoms with Gasteiger partial charge in [-0.05, 0) is 32.6 Å². The lowest BCUT2D eigenvalue weighted by Crippen LogP contribution is -2.29. The van der Waals surface area contributed by atoms with Crippen molar-refractivity contribution in [1.82, 2.24) is 30.3 Å². The van der Waals surface area contributed by atoms with E-state index in [1.807, 2.05) is 6.92 Å². The predicted octanol–water partition coefficient (Wildman–Crippen LogP) is 0.927. The zero-order chi connectivity index (χ0) is 14.4. The molecule has 2 N–H and O–H groups in total. The minimum Gasteiger partial charge on any atom is -0.341 e. The predicted molar refractivity (Wildman–Crippen MR) is 74.8 cm³/mol. The highest BCUT2D eigenvalue weighted by Gasteiger charge is 2.26. The van der Waals surface area contributed by atoms with Gasteiger partial charge in [0, 0.05) is 24.2 Å². The van der Waals surface area contributed by atoms with Crippen LogP contribution in [0.4, 0.5) is 0 Å². The van der Waals surface area contributed by atoms with E-state index < -0.39 is 0 Å². The first-order chi connectivity index (χ1) is 10.2. The molecule has 1 aliphatic carbocycles. The van der Waals surface area contributed by atoms with Gasteiger partial charge in [0.15, 0.2) is 11.5 Å². The molecular formula is C14H18N6O. The van der Waals surface area contributed by atoms with Gasteiger partial charge >= 0.3 is 0 Å². The molecule has 4 rings (SSSR count). The van der Waals surface area contributed by atoms with Gasteiger partial charge in [-0.25, -0.2) is 0 Å². The highest BCUT2D eigenvalue weighted by Crippen LogP contribution is 2.24. The molecule has 2 aliphatic rings. The average Bonchev–Trinajstić information content (AvgIpc) is 3.18. The molecule has 1 aliphatic heterocycles. The van der Waals surface area contributed by atoms with Gasteiger partial charge in [0.05, 0.1) is 6.04 Å². The number of fused-ring (bicyclic) bond motifs is 2. The van der Waals surface area contributed by atoms with E-state index in [1.54, 1.807) is 0 Å². The average molecular weight is 286 g/mol. The first kappa shape index (κ1) is 12.6. The van der Waals surface area contributed by atoms with Gasteiger partial charge in [-0.2, -0.15) is 5.10 Å². The molecule has 0 radical (unpaired) electrons. The monoisotopic (exact) mass is 286 g/mol. The number of nitrogens with zero attached hydrogens (tertiary/aromatic N) is 4. The number of amides is 1. The van der Waals surface area contributed by atoms with E-state index in [2.05, 4.69) is 30.3 Å². The summed E-state index contributed by atoms with van der Waals surface area (Å²) in [7, 11) is 0. The van der Waals surface area contributed by atoms with Crippen LogP contribution in [0.3, 0.4) is 0 Å². The first-order valence-electron chi connectivity index (χ1n) is 7.53. The third-order valence-corrected chi connectivity index (χ3v) is 4.39. The van der Waals surface area contributed by atoms with E-state index in [0.29, 0.717) is 5.69 Å². The standard InChI is InChI=1S/C14H18N6O/c1-8(13-19-17-11-6-3-7-20(11)13)15-14(21)12-9-4-2-5-10(9)16-18-12/h8H,2-7H2,1H3,(H,15,21)(H,16,18). The Balaban J connectivity index is 1.53. The van der Waals surface area contributed by atoms with Gasteiger partial charge in [0.2, 0.25) is 0 Å². The molecule has 110 valence electrons. The summed E-state index contributed by atoms with van der Waals surface area (Å²) in [5.74, 6) is 1.73. The molecule has 1 atom stereocenters. The largest absolute Gasteiger partial charge is 0.341 e. The van der Waals surface area contributed by atoms with E-state index in [-0.39, 0.29) is 11.9 Å². The highest BCUT2D eigenvalue weighted by atomic mass is 16.2. The third-order valence-electron chi connectivity index (χ3n) is 4.39. The Morgan fingerprint density at radius 1 is 1.29 bits per heavy atom. The lowest BCUT2D eigenvalue weighted by Gasteiger charge is -2.13. The summed E-state index contributed by atoms with van der Waals surface area (Å²) < 4.78 is 2.11. The number of aromatic nitrogens is 5.